The highest BCUT2D eigenvalue weighted by molar-refractivity contribution is 7.89. The lowest BCUT2D eigenvalue weighted by atomic mass is 9.82. The van der Waals surface area contributed by atoms with E-state index in [9.17, 15) is 8.42 Å². The number of hydrogen-bond donors (Lipinski definition) is 2. The minimum atomic E-state index is -3.70. The number of nitrogens with zero attached hydrogens (tertiary/aromatic N) is 2. The van der Waals surface area contributed by atoms with Gasteiger partial charge in [-0.25, -0.2) is 8.42 Å². The summed E-state index contributed by atoms with van der Waals surface area (Å²) in [5.74, 6) is 0. The predicted molar refractivity (Wildman–Crippen MR) is 85.6 cm³/mol. The maximum Gasteiger partial charge on any atom is 0.245 e. The molecule has 2 rings (SSSR count). The summed E-state index contributed by atoms with van der Waals surface area (Å²) in [5, 5.41) is 4.17. The number of rotatable bonds is 4. The van der Waals surface area contributed by atoms with Crippen molar-refractivity contribution in [1.29, 1.82) is 0 Å². The highest BCUT2D eigenvalue weighted by atomic mass is 32.2. The molecule has 1 heterocycles. The quantitative estimate of drug-likeness (QED) is 0.812. The van der Waals surface area contributed by atoms with Crippen molar-refractivity contribution in [3.05, 3.63) is 11.4 Å². The molecule has 0 aromatic carbocycles. The molecule has 118 valence electrons. The van der Waals surface area contributed by atoms with Crippen LogP contribution >= 0.6 is 12.2 Å². The molecule has 0 unspecified atom stereocenters. The highest BCUT2D eigenvalue weighted by Gasteiger charge is 2.40. The fourth-order valence-corrected chi connectivity index (χ4v) is 5.21. The van der Waals surface area contributed by atoms with Crippen molar-refractivity contribution in [1.82, 2.24) is 14.5 Å². The van der Waals surface area contributed by atoms with Gasteiger partial charge < -0.3 is 5.73 Å². The standard InChI is InChI=1S/C13H22N4O2S2/c1-9-11(10(2)17(3)15-9)21(18,19)16-13(12(14)20)7-5-4-6-8-13/h16H,4-8H2,1-3H3,(H2,14,20). The van der Waals surface area contributed by atoms with Gasteiger partial charge in [0.15, 0.2) is 0 Å². The highest BCUT2D eigenvalue weighted by Crippen LogP contribution is 2.31. The van der Waals surface area contributed by atoms with Crippen LogP contribution in [-0.2, 0) is 17.1 Å². The Bertz CT molecular complexity index is 658. The molecule has 3 N–H and O–H groups in total. The van der Waals surface area contributed by atoms with Gasteiger partial charge in [-0.05, 0) is 26.7 Å². The van der Waals surface area contributed by atoms with Crippen molar-refractivity contribution < 1.29 is 8.42 Å². The van der Waals surface area contributed by atoms with Crippen molar-refractivity contribution in [3.63, 3.8) is 0 Å². The summed E-state index contributed by atoms with van der Waals surface area (Å²) in [5.41, 5.74) is 6.14. The van der Waals surface area contributed by atoms with Crippen LogP contribution in [0.25, 0.3) is 0 Å². The third-order valence-corrected chi connectivity index (χ3v) is 6.40. The van der Waals surface area contributed by atoms with Gasteiger partial charge in [0.1, 0.15) is 4.90 Å². The monoisotopic (exact) mass is 330 g/mol. The van der Waals surface area contributed by atoms with E-state index in [2.05, 4.69) is 9.82 Å². The molecule has 0 saturated heterocycles. The lowest BCUT2D eigenvalue weighted by Crippen LogP contribution is -2.57. The summed E-state index contributed by atoms with van der Waals surface area (Å²) < 4.78 is 29.9. The fraction of sp³-hybridized carbons (Fsp3) is 0.692. The summed E-state index contributed by atoms with van der Waals surface area (Å²) in [6, 6.07) is 0. The molecule has 0 amide bonds. The molecular weight excluding hydrogens is 308 g/mol. The molecule has 0 aliphatic heterocycles. The second kappa shape index (κ2) is 5.66. The summed E-state index contributed by atoms with van der Waals surface area (Å²) in [6.07, 6.45) is 4.23. The van der Waals surface area contributed by atoms with Crippen LogP contribution in [0.1, 0.15) is 43.5 Å². The zero-order valence-electron chi connectivity index (χ0n) is 12.6. The van der Waals surface area contributed by atoms with Gasteiger partial charge >= 0.3 is 0 Å². The van der Waals surface area contributed by atoms with E-state index < -0.39 is 15.6 Å². The van der Waals surface area contributed by atoms with Gasteiger partial charge in [-0.3, -0.25) is 4.68 Å². The fourth-order valence-electron chi connectivity index (χ4n) is 3.01. The summed E-state index contributed by atoms with van der Waals surface area (Å²) in [6.45, 7) is 3.43. The van der Waals surface area contributed by atoms with Gasteiger partial charge in [0.05, 0.1) is 21.9 Å². The topological polar surface area (TPSA) is 90.0 Å². The molecular formula is C13H22N4O2S2. The summed E-state index contributed by atoms with van der Waals surface area (Å²) in [7, 11) is -1.98. The Labute approximate surface area is 131 Å². The van der Waals surface area contributed by atoms with Gasteiger partial charge in [-0.2, -0.15) is 9.82 Å². The molecule has 1 saturated carbocycles. The first-order valence-corrected chi connectivity index (χ1v) is 8.93. The van der Waals surface area contributed by atoms with Crippen LogP contribution in [0.15, 0.2) is 4.90 Å². The average molecular weight is 330 g/mol. The van der Waals surface area contributed by atoms with Gasteiger partial charge in [0.2, 0.25) is 10.0 Å². The largest absolute Gasteiger partial charge is 0.392 e. The number of aryl methyl sites for hydroxylation is 2. The number of nitrogens with one attached hydrogen (secondary N) is 1. The number of thiocarbonyl (C=S) groups is 1. The first-order chi connectivity index (χ1) is 9.69. The minimum absolute atomic E-state index is 0.227. The van der Waals surface area contributed by atoms with Crippen LogP contribution in [-0.4, -0.2) is 28.7 Å². The number of hydrogen-bond acceptors (Lipinski definition) is 4. The molecule has 0 atom stereocenters. The maximum atomic E-state index is 12.8. The Balaban J connectivity index is 2.42. The molecule has 1 aliphatic rings. The molecule has 0 radical (unpaired) electrons. The number of sulfonamides is 1. The van der Waals surface area contributed by atoms with E-state index in [0.717, 1.165) is 19.3 Å². The van der Waals surface area contributed by atoms with Gasteiger partial charge in [0, 0.05) is 7.05 Å². The Morgan fingerprint density at radius 3 is 2.33 bits per heavy atom. The molecule has 0 bridgehead atoms. The van der Waals surface area contributed by atoms with Crippen LogP contribution in [0.3, 0.4) is 0 Å². The van der Waals surface area contributed by atoms with Crippen LogP contribution in [0.4, 0.5) is 0 Å². The summed E-state index contributed by atoms with van der Waals surface area (Å²) in [4.78, 5) is 0.455. The molecule has 1 aromatic rings. The Morgan fingerprint density at radius 1 is 1.33 bits per heavy atom. The van der Waals surface area contributed by atoms with E-state index in [1.165, 1.54) is 0 Å². The normalized spacial score (nSPS) is 18.6. The van der Waals surface area contributed by atoms with Crippen molar-refractivity contribution in [3.8, 4) is 0 Å². The van der Waals surface area contributed by atoms with Crippen LogP contribution in [0.2, 0.25) is 0 Å². The molecule has 0 spiro atoms. The molecule has 8 heteroatoms. The third kappa shape index (κ3) is 2.97. The van der Waals surface area contributed by atoms with E-state index in [1.807, 2.05) is 0 Å². The van der Waals surface area contributed by atoms with Crippen LogP contribution in [0.5, 0.6) is 0 Å². The second-order valence-corrected chi connectivity index (χ2v) is 7.80. The van der Waals surface area contributed by atoms with Crippen molar-refractivity contribution >= 4 is 27.2 Å². The molecule has 1 fully saturated rings. The van der Waals surface area contributed by atoms with Crippen molar-refractivity contribution in [2.24, 2.45) is 12.8 Å². The smallest absolute Gasteiger partial charge is 0.245 e. The Morgan fingerprint density at radius 2 is 1.90 bits per heavy atom. The van der Waals surface area contributed by atoms with E-state index in [1.54, 1.807) is 25.6 Å². The third-order valence-electron chi connectivity index (χ3n) is 4.22. The lowest BCUT2D eigenvalue weighted by Gasteiger charge is -2.36. The zero-order chi connectivity index (χ0) is 15.8. The lowest BCUT2D eigenvalue weighted by molar-refractivity contribution is 0.353. The van der Waals surface area contributed by atoms with E-state index >= 15 is 0 Å². The number of aromatic nitrogens is 2. The second-order valence-electron chi connectivity index (χ2n) is 5.74. The van der Waals surface area contributed by atoms with Gasteiger partial charge in [0.25, 0.3) is 0 Å². The Kier molecular flexibility index (Phi) is 4.41. The van der Waals surface area contributed by atoms with E-state index in [4.69, 9.17) is 18.0 Å². The first kappa shape index (κ1) is 16.4. The van der Waals surface area contributed by atoms with E-state index in [-0.39, 0.29) is 9.88 Å². The summed E-state index contributed by atoms with van der Waals surface area (Å²) >= 11 is 5.15. The zero-order valence-corrected chi connectivity index (χ0v) is 14.3. The van der Waals surface area contributed by atoms with Crippen molar-refractivity contribution in [2.45, 2.75) is 56.4 Å². The van der Waals surface area contributed by atoms with Crippen LogP contribution < -0.4 is 10.5 Å². The van der Waals surface area contributed by atoms with Crippen LogP contribution in [0, 0.1) is 13.8 Å². The molecule has 1 aliphatic carbocycles. The predicted octanol–water partition coefficient (Wildman–Crippen LogP) is 1.30. The first-order valence-electron chi connectivity index (χ1n) is 7.04. The van der Waals surface area contributed by atoms with Gasteiger partial charge in [-0.15, -0.1) is 0 Å². The van der Waals surface area contributed by atoms with Gasteiger partial charge in [-0.1, -0.05) is 31.5 Å². The van der Waals surface area contributed by atoms with E-state index in [0.29, 0.717) is 24.2 Å². The minimum Gasteiger partial charge on any atom is -0.392 e. The van der Waals surface area contributed by atoms with Crippen molar-refractivity contribution in [2.75, 3.05) is 0 Å². The molecule has 6 nitrogen and oxygen atoms in total. The average Bonchev–Trinajstić information content (AvgIpc) is 2.64. The molecule has 1 aromatic heterocycles. The molecule has 21 heavy (non-hydrogen) atoms. The number of nitrogens with two attached hydrogens (primary N) is 1. The Hall–Kier alpha value is -0.990. The maximum absolute atomic E-state index is 12.8. The SMILES string of the molecule is Cc1nn(C)c(C)c1S(=O)(=O)NC1(C(N)=S)CCCCC1.